The zero-order valence-corrected chi connectivity index (χ0v) is 22.8. The molecule has 2 aromatic rings. The Kier molecular flexibility index (Phi) is 8.23. The highest BCUT2D eigenvalue weighted by atomic mass is 35.5. The molecule has 0 unspecified atom stereocenters. The number of amides is 2. The number of piperazine rings is 1. The number of likely N-dealkylation sites (tertiary alicyclic amines) is 1. The first kappa shape index (κ1) is 27.3. The summed E-state index contributed by atoms with van der Waals surface area (Å²) in [5.41, 5.74) is -0.0576. The van der Waals surface area contributed by atoms with E-state index in [2.05, 4.69) is 4.90 Å². The summed E-state index contributed by atoms with van der Waals surface area (Å²) in [6, 6.07) is 8.10. The van der Waals surface area contributed by atoms with Gasteiger partial charge in [-0.1, -0.05) is 11.6 Å². The fourth-order valence-electron chi connectivity index (χ4n) is 5.34. The molecule has 0 bridgehead atoms. The van der Waals surface area contributed by atoms with Gasteiger partial charge >= 0.3 is 6.03 Å². The maximum absolute atomic E-state index is 14.6. The molecule has 7 nitrogen and oxygen atoms in total. The third-order valence-electron chi connectivity index (χ3n) is 7.68. The van der Waals surface area contributed by atoms with Crippen LogP contribution in [0.5, 0.6) is 0 Å². The summed E-state index contributed by atoms with van der Waals surface area (Å²) in [4.78, 5) is 19.4. The number of urea groups is 1. The third kappa shape index (κ3) is 6.30. The fourth-order valence-corrected chi connectivity index (χ4v) is 7.09. The highest BCUT2D eigenvalue weighted by molar-refractivity contribution is 7.89. The van der Waals surface area contributed by atoms with Crippen molar-refractivity contribution in [1.82, 2.24) is 19.0 Å². The van der Waals surface area contributed by atoms with Crippen LogP contribution in [0.1, 0.15) is 31.2 Å². The smallest absolute Gasteiger partial charge is 0.320 e. The van der Waals surface area contributed by atoms with E-state index in [1.165, 1.54) is 41.4 Å². The predicted octanol–water partition coefficient (Wildman–Crippen LogP) is 4.42. The number of rotatable bonds is 7. The summed E-state index contributed by atoms with van der Waals surface area (Å²) in [7, 11) is -4.10. The molecular weight excluding hydrogens is 534 g/mol. The Morgan fingerprint density at radius 1 is 0.947 bits per heavy atom. The summed E-state index contributed by atoms with van der Waals surface area (Å²) in [5, 5.41) is 0.387. The number of carbonyl (C=O) groups excluding carboxylic acids is 1. The van der Waals surface area contributed by atoms with Gasteiger partial charge in [-0.3, -0.25) is 4.90 Å². The van der Waals surface area contributed by atoms with E-state index in [1.807, 2.05) is 4.90 Å². The van der Waals surface area contributed by atoms with Crippen LogP contribution in [0.3, 0.4) is 0 Å². The average molecular weight is 567 g/mol. The van der Waals surface area contributed by atoms with Crippen LogP contribution in [0, 0.1) is 17.6 Å². The van der Waals surface area contributed by atoms with Crippen LogP contribution in [0.2, 0.25) is 5.02 Å². The molecule has 11 heteroatoms. The number of hydrogen-bond donors (Lipinski definition) is 0. The van der Waals surface area contributed by atoms with Gasteiger partial charge in [0.2, 0.25) is 10.0 Å². The van der Waals surface area contributed by atoms with Gasteiger partial charge in [0.25, 0.3) is 0 Å². The van der Waals surface area contributed by atoms with Crippen molar-refractivity contribution in [2.24, 2.45) is 5.92 Å². The fraction of sp³-hybridized carbons (Fsp3) is 0.519. The lowest BCUT2D eigenvalue weighted by atomic mass is 10.1. The molecule has 0 spiro atoms. The Bertz CT molecular complexity index is 1250. The minimum atomic E-state index is -4.10. The van der Waals surface area contributed by atoms with E-state index < -0.39 is 27.7 Å². The molecule has 1 aliphatic carbocycles. The van der Waals surface area contributed by atoms with Crippen LogP contribution >= 0.6 is 11.6 Å². The van der Waals surface area contributed by atoms with Gasteiger partial charge in [0.05, 0.1) is 4.90 Å². The quantitative estimate of drug-likeness (QED) is 0.498. The van der Waals surface area contributed by atoms with Crippen molar-refractivity contribution in [3.05, 3.63) is 64.7 Å². The van der Waals surface area contributed by atoms with Crippen LogP contribution in [0.4, 0.5) is 13.6 Å². The standard InChI is InChI=1S/C27H33ClF2N4O3S/c28-22-5-8-25(9-6-22)38(36,37)34(18-21-16-23(29)7-10-26(21)30)24-2-1-11-33(19-24)27(35)32-14-12-31(13-15-32)17-20-3-4-20/h5-10,16,20,24H,1-4,11-15,17-19H2/t24-/m0/s1. The van der Waals surface area contributed by atoms with Crippen molar-refractivity contribution in [1.29, 1.82) is 0 Å². The number of nitrogens with zero attached hydrogens (tertiary/aromatic N) is 4. The molecule has 3 fully saturated rings. The summed E-state index contributed by atoms with van der Waals surface area (Å²) in [6.07, 6.45) is 3.70. The minimum absolute atomic E-state index is 0.00828. The highest BCUT2D eigenvalue weighted by Gasteiger charge is 2.38. The van der Waals surface area contributed by atoms with Crippen molar-refractivity contribution >= 4 is 27.7 Å². The summed E-state index contributed by atoms with van der Waals surface area (Å²) in [6.45, 7) is 4.45. The first-order valence-corrected chi connectivity index (χ1v) is 15.0. The Balaban J connectivity index is 1.35. The van der Waals surface area contributed by atoms with Gasteiger partial charge in [0.1, 0.15) is 11.6 Å². The summed E-state index contributed by atoms with van der Waals surface area (Å²) >= 11 is 5.97. The SMILES string of the molecule is O=C(N1CCN(CC2CC2)CC1)N1CCC[C@H](N(Cc2cc(F)ccc2F)S(=O)(=O)c2ccc(Cl)cc2)C1. The van der Waals surface area contributed by atoms with E-state index in [1.54, 1.807) is 4.90 Å². The number of piperidine rings is 1. The largest absolute Gasteiger partial charge is 0.323 e. The number of halogens is 3. The molecule has 0 radical (unpaired) electrons. The van der Waals surface area contributed by atoms with E-state index >= 15 is 0 Å². The monoisotopic (exact) mass is 566 g/mol. The number of hydrogen-bond acceptors (Lipinski definition) is 4. The molecular formula is C27H33ClF2N4O3S. The first-order valence-electron chi connectivity index (χ1n) is 13.2. The lowest BCUT2D eigenvalue weighted by Gasteiger charge is -2.42. The van der Waals surface area contributed by atoms with Crippen molar-refractivity contribution in [2.45, 2.75) is 43.2 Å². The second kappa shape index (κ2) is 11.5. The van der Waals surface area contributed by atoms with Gasteiger partial charge in [-0.05, 0) is 74.1 Å². The Hall–Kier alpha value is -2.27. The number of sulfonamides is 1. The van der Waals surface area contributed by atoms with Crippen molar-refractivity contribution in [3.8, 4) is 0 Å². The van der Waals surface area contributed by atoms with E-state index in [4.69, 9.17) is 11.6 Å². The first-order chi connectivity index (χ1) is 18.2. The molecule has 3 aliphatic rings. The zero-order chi connectivity index (χ0) is 26.9. The van der Waals surface area contributed by atoms with Gasteiger partial charge in [0.15, 0.2) is 0 Å². The molecule has 1 saturated carbocycles. The Morgan fingerprint density at radius 3 is 2.34 bits per heavy atom. The second-order valence-electron chi connectivity index (χ2n) is 10.5. The van der Waals surface area contributed by atoms with Crippen molar-refractivity contribution < 1.29 is 22.0 Å². The molecule has 2 saturated heterocycles. The average Bonchev–Trinajstić information content (AvgIpc) is 3.73. The Morgan fingerprint density at radius 2 is 1.66 bits per heavy atom. The maximum Gasteiger partial charge on any atom is 0.320 e. The van der Waals surface area contributed by atoms with Gasteiger partial charge in [-0.2, -0.15) is 4.31 Å². The van der Waals surface area contributed by atoms with Crippen molar-refractivity contribution in [3.63, 3.8) is 0 Å². The molecule has 0 N–H and O–H groups in total. The van der Waals surface area contributed by atoms with E-state index in [9.17, 15) is 22.0 Å². The highest BCUT2D eigenvalue weighted by Crippen LogP contribution is 2.31. The van der Waals surface area contributed by atoms with Crippen molar-refractivity contribution in [2.75, 3.05) is 45.8 Å². The lowest BCUT2D eigenvalue weighted by molar-refractivity contribution is 0.0920. The molecule has 2 heterocycles. The number of carbonyl (C=O) groups is 1. The lowest BCUT2D eigenvalue weighted by Crippen LogP contribution is -2.57. The molecule has 5 rings (SSSR count). The third-order valence-corrected chi connectivity index (χ3v) is 9.85. The van der Waals surface area contributed by atoms with Gasteiger partial charge < -0.3 is 9.80 Å². The van der Waals surface area contributed by atoms with Gasteiger partial charge in [-0.15, -0.1) is 0 Å². The van der Waals surface area contributed by atoms with E-state index in [-0.39, 0.29) is 29.6 Å². The normalized spacial score (nSPS) is 21.2. The van der Waals surface area contributed by atoms with E-state index in [0.717, 1.165) is 43.8 Å². The maximum atomic E-state index is 14.6. The van der Waals surface area contributed by atoms with Crippen LogP contribution in [-0.4, -0.2) is 85.3 Å². The van der Waals surface area contributed by atoms with Gasteiger partial charge in [-0.25, -0.2) is 22.0 Å². The van der Waals surface area contributed by atoms with Crippen LogP contribution in [0.25, 0.3) is 0 Å². The molecule has 1 atom stereocenters. The number of benzene rings is 2. The topological polar surface area (TPSA) is 64.2 Å². The summed E-state index contributed by atoms with van der Waals surface area (Å²) in [5.74, 6) is -0.529. The van der Waals surface area contributed by atoms with Crippen LogP contribution in [-0.2, 0) is 16.6 Å². The Labute approximate surface area is 228 Å². The second-order valence-corrected chi connectivity index (χ2v) is 12.8. The molecule has 38 heavy (non-hydrogen) atoms. The molecule has 206 valence electrons. The molecule has 2 amide bonds. The minimum Gasteiger partial charge on any atom is -0.323 e. The zero-order valence-electron chi connectivity index (χ0n) is 21.2. The predicted molar refractivity (Wildman–Crippen MR) is 141 cm³/mol. The van der Waals surface area contributed by atoms with Gasteiger partial charge in [0, 0.05) is 69.0 Å². The van der Waals surface area contributed by atoms with Crippen LogP contribution < -0.4 is 0 Å². The molecule has 2 aromatic carbocycles. The summed E-state index contributed by atoms with van der Waals surface area (Å²) < 4.78 is 57.4. The van der Waals surface area contributed by atoms with Crippen LogP contribution in [0.15, 0.2) is 47.4 Å². The molecule has 2 aliphatic heterocycles. The van der Waals surface area contributed by atoms with E-state index in [0.29, 0.717) is 37.5 Å². The molecule has 0 aromatic heterocycles.